The molecule has 2 amide bonds. The van der Waals surface area contributed by atoms with E-state index in [2.05, 4.69) is 41.5 Å². The highest BCUT2D eigenvalue weighted by Crippen LogP contribution is 2.24. The number of halogens is 1. The number of likely N-dealkylation sites (tertiary alicyclic amines) is 1. The van der Waals surface area contributed by atoms with Crippen molar-refractivity contribution in [3.8, 4) is 0 Å². The third-order valence-corrected chi connectivity index (χ3v) is 5.86. The first-order chi connectivity index (χ1) is 14.2. The highest BCUT2D eigenvalue weighted by Gasteiger charge is 2.30. The largest absolute Gasteiger partial charge is 0.337 e. The summed E-state index contributed by atoms with van der Waals surface area (Å²) >= 11 is 0. The van der Waals surface area contributed by atoms with E-state index in [1.54, 1.807) is 18.2 Å². The van der Waals surface area contributed by atoms with Gasteiger partial charge in [-0.2, -0.15) is 0 Å². The number of aryl methyl sites for hydroxylation is 1. The van der Waals surface area contributed by atoms with E-state index in [4.69, 9.17) is 0 Å². The quantitative estimate of drug-likeness (QED) is 0.812. The van der Waals surface area contributed by atoms with Crippen LogP contribution in [0.5, 0.6) is 0 Å². The zero-order valence-corrected chi connectivity index (χ0v) is 18.2. The molecule has 2 aliphatic rings. The molecule has 4 rings (SSSR count). The predicted octanol–water partition coefficient (Wildman–Crippen LogP) is 3.09. The van der Waals surface area contributed by atoms with E-state index in [-0.39, 0.29) is 30.3 Å². The number of aromatic nitrogens is 1. The Labute approximate surface area is 184 Å². The average Bonchev–Trinajstić information content (AvgIpc) is 3.33. The van der Waals surface area contributed by atoms with Crippen LogP contribution in [-0.4, -0.2) is 59.3 Å². The first-order valence-electron chi connectivity index (χ1n) is 10.5. The van der Waals surface area contributed by atoms with E-state index in [0.717, 1.165) is 44.5 Å². The summed E-state index contributed by atoms with van der Waals surface area (Å²) in [6, 6.07) is 13.6. The molecule has 1 N–H and O–H groups in total. The van der Waals surface area contributed by atoms with Crippen LogP contribution in [0, 0.1) is 0 Å². The van der Waals surface area contributed by atoms with Gasteiger partial charge in [0.2, 0.25) is 0 Å². The van der Waals surface area contributed by atoms with Gasteiger partial charge in [0.25, 0.3) is 11.8 Å². The Balaban J connectivity index is 0.00000256. The van der Waals surface area contributed by atoms with Crippen molar-refractivity contribution in [3.63, 3.8) is 0 Å². The Morgan fingerprint density at radius 2 is 1.67 bits per heavy atom. The van der Waals surface area contributed by atoms with Crippen molar-refractivity contribution in [3.05, 3.63) is 65.0 Å². The van der Waals surface area contributed by atoms with Crippen molar-refractivity contribution in [2.24, 2.45) is 0 Å². The molecule has 2 fully saturated rings. The number of piperazine rings is 1. The minimum absolute atomic E-state index is 0. The molecule has 0 aliphatic carbocycles. The maximum atomic E-state index is 13.3. The summed E-state index contributed by atoms with van der Waals surface area (Å²) < 4.78 is 0. The van der Waals surface area contributed by atoms with Gasteiger partial charge in [-0.1, -0.05) is 37.3 Å². The fourth-order valence-electron chi connectivity index (χ4n) is 4.12. The minimum atomic E-state index is -0.118. The maximum Gasteiger partial charge on any atom is 0.273 e. The first kappa shape index (κ1) is 22.2. The number of nitrogens with zero attached hydrogens (tertiary/aromatic N) is 3. The van der Waals surface area contributed by atoms with Crippen molar-refractivity contribution < 1.29 is 9.59 Å². The standard InChI is InChI=1S/C23H28N4O2.ClH/c1-2-17-8-10-18(11-9-17)21-16-24-12-15-27(21)23(29)20-7-5-6-19(25-20)22(28)26-13-3-4-14-26;/h5-11,21,24H,2-4,12-16H2,1H3;1H. The van der Waals surface area contributed by atoms with Crippen molar-refractivity contribution in [2.75, 3.05) is 32.7 Å². The lowest BCUT2D eigenvalue weighted by atomic mass is 10.0. The number of carbonyl (C=O) groups excluding carboxylic acids is 2. The molecule has 3 heterocycles. The summed E-state index contributed by atoms with van der Waals surface area (Å²) in [4.78, 5) is 34.1. The zero-order valence-electron chi connectivity index (χ0n) is 17.3. The van der Waals surface area contributed by atoms with Crippen molar-refractivity contribution in [1.82, 2.24) is 20.1 Å². The monoisotopic (exact) mass is 428 g/mol. The molecule has 0 saturated carbocycles. The predicted molar refractivity (Wildman–Crippen MR) is 119 cm³/mol. The van der Waals surface area contributed by atoms with Crippen LogP contribution in [0.1, 0.15) is 57.9 Å². The Hall–Kier alpha value is -2.44. The lowest BCUT2D eigenvalue weighted by molar-refractivity contribution is 0.0628. The molecule has 6 nitrogen and oxygen atoms in total. The first-order valence-corrected chi connectivity index (χ1v) is 10.5. The molecule has 1 aromatic heterocycles. The Kier molecular flexibility index (Phi) is 7.45. The molecule has 0 spiro atoms. The molecule has 1 aromatic carbocycles. The highest BCUT2D eigenvalue weighted by molar-refractivity contribution is 5.96. The van der Waals surface area contributed by atoms with Gasteiger partial charge in [-0.05, 0) is 42.5 Å². The highest BCUT2D eigenvalue weighted by atomic mass is 35.5. The lowest BCUT2D eigenvalue weighted by Crippen LogP contribution is -2.49. The van der Waals surface area contributed by atoms with E-state index in [0.29, 0.717) is 24.5 Å². The van der Waals surface area contributed by atoms with Crippen LogP contribution in [0.4, 0.5) is 0 Å². The number of nitrogens with one attached hydrogen (secondary N) is 1. The molecule has 2 aromatic rings. The van der Waals surface area contributed by atoms with Gasteiger partial charge < -0.3 is 15.1 Å². The van der Waals surface area contributed by atoms with Gasteiger partial charge in [-0.3, -0.25) is 9.59 Å². The summed E-state index contributed by atoms with van der Waals surface area (Å²) in [7, 11) is 0. The number of rotatable bonds is 4. The molecule has 0 bridgehead atoms. The SMILES string of the molecule is CCc1ccc(C2CNCCN2C(=O)c2cccc(C(=O)N3CCCC3)n2)cc1.Cl. The number of benzene rings is 1. The van der Waals surface area contributed by atoms with Crippen LogP contribution in [0.3, 0.4) is 0 Å². The molecule has 1 unspecified atom stereocenters. The summed E-state index contributed by atoms with van der Waals surface area (Å²) in [5, 5.41) is 3.39. The molecule has 7 heteroatoms. The van der Waals surface area contributed by atoms with Gasteiger partial charge in [0.05, 0.1) is 6.04 Å². The van der Waals surface area contributed by atoms with Crippen molar-refractivity contribution in [2.45, 2.75) is 32.2 Å². The number of pyridine rings is 1. The maximum absolute atomic E-state index is 13.3. The number of carbonyl (C=O) groups is 2. The average molecular weight is 429 g/mol. The Bertz CT molecular complexity index is 881. The summed E-state index contributed by atoms with van der Waals surface area (Å²) in [6.45, 7) is 5.75. The third kappa shape index (κ3) is 4.65. The van der Waals surface area contributed by atoms with Crippen LogP contribution >= 0.6 is 12.4 Å². The van der Waals surface area contributed by atoms with E-state index < -0.39 is 0 Å². The normalized spacial score (nSPS) is 18.8. The van der Waals surface area contributed by atoms with E-state index in [1.807, 2.05) is 9.80 Å². The van der Waals surface area contributed by atoms with Gasteiger partial charge in [-0.15, -0.1) is 12.4 Å². The molecular formula is C23H29ClN4O2. The second-order valence-electron chi connectivity index (χ2n) is 7.72. The molecule has 0 radical (unpaired) electrons. The Morgan fingerprint density at radius 1 is 1.00 bits per heavy atom. The van der Waals surface area contributed by atoms with E-state index in [9.17, 15) is 9.59 Å². The number of hydrogen-bond acceptors (Lipinski definition) is 4. The van der Waals surface area contributed by atoms with Crippen LogP contribution in [0.15, 0.2) is 42.5 Å². The van der Waals surface area contributed by atoms with Gasteiger partial charge >= 0.3 is 0 Å². The van der Waals surface area contributed by atoms with Gasteiger partial charge in [-0.25, -0.2) is 4.98 Å². The molecule has 1 atom stereocenters. The Morgan fingerprint density at radius 3 is 2.33 bits per heavy atom. The zero-order chi connectivity index (χ0) is 20.2. The molecule has 30 heavy (non-hydrogen) atoms. The van der Waals surface area contributed by atoms with Crippen LogP contribution in [0.25, 0.3) is 0 Å². The topological polar surface area (TPSA) is 65.5 Å². The fraction of sp³-hybridized carbons (Fsp3) is 0.435. The summed E-state index contributed by atoms with van der Waals surface area (Å²) in [5.74, 6) is -0.198. The van der Waals surface area contributed by atoms with Crippen LogP contribution in [-0.2, 0) is 6.42 Å². The lowest BCUT2D eigenvalue weighted by Gasteiger charge is -2.36. The van der Waals surface area contributed by atoms with Crippen LogP contribution in [0.2, 0.25) is 0 Å². The van der Waals surface area contributed by atoms with E-state index >= 15 is 0 Å². The van der Waals surface area contributed by atoms with Gasteiger partial charge in [0, 0.05) is 32.7 Å². The van der Waals surface area contributed by atoms with Gasteiger partial charge in [0.1, 0.15) is 11.4 Å². The summed E-state index contributed by atoms with van der Waals surface area (Å²) in [5.41, 5.74) is 3.10. The number of amides is 2. The molecule has 2 saturated heterocycles. The fourth-order valence-corrected chi connectivity index (χ4v) is 4.12. The van der Waals surface area contributed by atoms with E-state index in [1.165, 1.54) is 5.56 Å². The molecule has 160 valence electrons. The molecule has 2 aliphatic heterocycles. The van der Waals surface area contributed by atoms with Crippen molar-refractivity contribution in [1.29, 1.82) is 0 Å². The third-order valence-electron chi connectivity index (χ3n) is 5.86. The van der Waals surface area contributed by atoms with Crippen LogP contribution < -0.4 is 5.32 Å². The smallest absolute Gasteiger partial charge is 0.273 e. The summed E-state index contributed by atoms with van der Waals surface area (Å²) in [6.07, 6.45) is 3.06. The minimum Gasteiger partial charge on any atom is -0.337 e. The van der Waals surface area contributed by atoms with Gasteiger partial charge in [0.15, 0.2) is 0 Å². The molecular weight excluding hydrogens is 400 g/mol. The second-order valence-corrected chi connectivity index (χ2v) is 7.72. The van der Waals surface area contributed by atoms with Crippen molar-refractivity contribution >= 4 is 24.2 Å². The number of hydrogen-bond donors (Lipinski definition) is 1. The second kappa shape index (κ2) is 10.0.